The average Bonchev–Trinajstić information content (AvgIpc) is 3.74. The lowest BCUT2D eigenvalue weighted by atomic mass is 9.91. The van der Waals surface area contributed by atoms with Gasteiger partial charge in [0.05, 0.1) is 29.8 Å². The van der Waals surface area contributed by atoms with Gasteiger partial charge < -0.3 is 19.3 Å². The SMILES string of the molecule is Cc1nccc(/C=C/C(=O)N2CCN(c3nc(OCC45CCCN4CCC5)nc4c(F)c(-c5cccc6ccc(F)c(F)c56)ncc34)CC23COC3)n1. The molecule has 14 heteroatoms. The Morgan fingerprint density at radius 2 is 1.79 bits per heavy atom. The summed E-state index contributed by atoms with van der Waals surface area (Å²) in [5.74, 6) is -2.06. The van der Waals surface area contributed by atoms with E-state index in [1.165, 1.54) is 24.4 Å². The third-order valence-electron chi connectivity index (χ3n) is 11.3. The average molecular weight is 723 g/mol. The van der Waals surface area contributed by atoms with Crippen LogP contribution in [-0.4, -0.2) is 104 Å². The van der Waals surface area contributed by atoms with E-state index in [1.54, 1.807) is 37.4 Å². The van der Waals surface area contributed by atoms with E-state index < -0.39 is 23.0 Å². The number of piperazine rings is 1. The molecule has 0 saturated carbocycles. The molecular weight excluding hydrogens is 685 g/mol. The number of carbonyl (C=O) groups is 1. The number of hydrogen-bond donors (Lipinski definition) is 0. The second-order valence-electron chi connectivity index (χ2n) is 14.5. The minimum absolute atomic E-state index is 0.0207. The van der Waals surface area contributed by atoms with E-state index in [0.717, 1.165) is 44.8 Å². The highest BCUT2D eigenvalue weighted by Crippen LogP contribution is 2.41. The summed E-state index contributed by atoms with van der Waals surface area (Å²) in [4.78, 5) is 42.3. The van der Waals surface area contributed by atoms with Gasteiger partial charge in [-0.3, -0.25) is 14.7 Å². The van der Waals surface area contributed by atoms with Gasteiger partial charge in [-0.15, -0.1) is 0 Å². The van der Waals surface area contributed by atoms with Crippen molar-refractivity contribution in [1.82, 2.24) is 34.7 Å². The lowest BCUT2D eigenvalue weighted by Crippen LogP contribution is -2.72. The van der Waals surface area contributed by atoms with Crippen molar-refractivity contribution in [2.24, 2.45) is 0 Å². The molecule has 2 aromatic carbocycles. The predicted molar refractivity (Wildman–Crippen MR) is 192 cm³/mol. The van der Waals surface area contributed by atoms with Crippen molar-refractivity contribution in [3.8, 4) is 17.3 Å². The fraction of sp³-hybridized carbons (Fsp3) is 0.385. The number of anilines is 1. The lowest BCUT2D eigenvalue weighted by Gasteiger charge is -2.55. The quantitative estimate of drug-likeness (QED) is 0.200. The van der Waals surface area contributed by atoms with Crippen molar-refractivity contribution in [3.63, 3.8) is 0 Å². The largest absolute Gasteiger partial charge is 0.461 e. The monoisotopic (exact) mass is 722 g/mol. The highest BCUT2D eigenvalue weighted by molar-refractivity contribution is 5.99. The molecular formula is C39H37F3N8O3. The van der Waals surface area contributed by atoms with Gasteiger partial charge in [-0.2, -0.15) is 9.97 Å². The topological polar surface area (TPSA) is 110 Å². The molecule has 0 aliphatic carbocycles. The van der Waals surface area contributed by atoms with E-state index in [2.05, 4.69) is 24.8 Å². The third-order valence-corrected chi connectivity index (χ3v) is 11.3. The number of hydrogen-bond acceptors (Lipinski definition) is 10. The Labute approximate surface area is 303 Å². The summed E-state index contributed by atoms with van der Waals surface area (Å²) in [6.07, 6.45) is 10.5. The molecule has 4 fully saturated rings. The zero-order chi connectivity index (χ0) is 36.3. The van der Waals surface area contributed by atoms with Crippen LogP contribution in [0.1, 0.15) is 37.2 Å². The van der Waals surface area contributed by atoms with Crippen LogP contribution in [0.5, 0.6) is 6.01 Å². The van der Waals surface area contributed by atoms with Crippen LogP contribution >= 0.6 is 0 Å². The minimum Gasteiger partial charge on any atom is -0.461 e. The van der Waals surface area contributed by atoms with Crippen molar-refractivity contribution in [2.75, 3.05) is 57.4 Å². The van der Waals surface area contributed by atoms with Crippen LogP contribution in [0.25, 0.3) is 39.0 Å². The third kappa shape index (κ3) is 5.75. The molecule has 1 spiro atoms. The second kappa shape index (κ2) is 13.0. The number of aromatic nitrogens is 5. The van der Waals surface area contributed by atoms with Crippen LogP contribution in [0.4, 0.5) is 19.0 Å². The fourth-order valence-electron chi connectivity index (χ4n) is 8.58. The predicted octanol–water partition coefficient (Wildman–Crippen LogP) is 5.50. The molecule has 9 rings (SSSR count). The summed E-state index contributed by atoms with van der Waals surface area (Å²) in [6.45, 7) is 5.92. The standard InChI is InChI=1S/C39H37F3N8O3/c1-24-43-14-11-26(45-24)8-10-30(51)50-18-17-48(20-39(50)21-52-22-39)36-28-19-44-34(27-6-2-5-25-7-9-29(40)32(41)31(25)27)33(42)35(28)46-37(47-36)53-23-38-12-3-15-49(38)16-4-13-38/h2,5-11,14,19H,3-4,12-13,15-18,20-23H2,1H3/b10-8+. The van der Waals surface area contributed by atoms with Gasteiger partial charge in [0.2, 0.25) is 5.91 Å². The van der Waals surface area contributed by atoms with E-state index >= 15 is 8.78 Å². The Kier molecular flexibility index (Phi) is 8.26. The number of amides is 1. The van der Waals surface area contributed by atoms with Crippen molar-refractivity contribution in [2.45, 2.75) is 43.7 Å². The first-order chi connectivity index (χ1) is 25.7. The van der Waals surface area contributed by atoms with E-state index in [4.69, 9.17) is 14.5 Å². The molecule has 3 aromatic heterocycles. The van der Waals surface area contributed by atoms with Gasteiger partial charge in [0.1, 0.15) is 35.0 Å². The molecule has 0 N–H and O–H groups in total. The number of nitrogens with zero attached hydrogens (tertiary/aromatic N) is 8. The van der Waals surface area contributed by atoms with Crippen LogP contribution in [-0.2, 0) is 9.53 Å². The molecule has 1 amide bonds. The van der Waals surface area contributed by atoms with Crippen molar-refractivity contribution in [3.05, 3.63) is 83.8 Å². The zero-order valence-corrected chi connectivity index (χ0v) is 29.2. The summed E-state index contributed by atoms with van der Waals surface area (Å²) in [7, 11) is 0. The molecule has 0 unspecified atom stereocenters. The first-order valence-electron chi connectivity index (χ1n) is 18.0. The molecule has 11 nitrogen and oxygen atoms in total. The van der Waals surface area contributed by atoms with Gasteiger partial charge in [-0.05, 0) is 69.3 Å². The highest BCUT2D eigenvalue weighted by atomic mass is 19.2. The molecule has 4 aliphatic heterocycles. The Morgan fingerprint density at radius 3 is 2.57 bits per heavy atom. The van der Waals surface area contributed by atoms with Gasteiger partial charge in [0.15, 0.2) is 17.5 Å². The highest BCUT2D eigenvalue weighted by Gasteiger charge is 2.50. The number of fused-ring (bicyclic) bond motifs is 3. The molecule has 7 heterocycles. The number of pyridine rings is 1. The Morgan fingerprint density at radius 1 is 0.962 bits per heavy atom. The first kappa shape index (κ1) is 33.6. The van der Waals surface area contributed by atoms with Crippen molar-refractivity contribution >= 4 is 39.5 Å². The van der Waals surface area contributed by atoms with Gasteiger partial charge >= 0.3 is 6.01 Å². The summed E-state index contributed by atoms with van der Waals surface area (Å²) in [6, 6.07) is 9.07. The van der Waals surface area contributed by atoms with Crippen LogP contribution in [0, 0.1) is 24.4 Å². The molecule has 4 aliphatic rings. The molecule has 0 bridgehead atoms. The van der Waals surface area contributed by atoms with E-state index in [1.807, 2.05) is 9.80 Å². The van der Waals surface area contributed by atoms with Gasteiger partial charge in [0, 0.05) is 49.1 Å². The maximum absolute atomic E-state index is 16.9. The minimum atomic E-state index is -1.08. The molecule has 5 aromatic rings. The number of halogens is 3. The number of benzene rings is 2. The van der Waals surface area contributed by atoms with Crippen LogP contribution in [0.2, 0.25) is 0 Å². The maximum Gasteiger partial charge on any atom is 0.319 e. The van der Waals surface area contributed by atoms with Crippen LogP contribution in [0.15, 0.2) is 54.9 Å². The summed E-state index contributed by atoms with van der Waals surface area (Å²) in [5.41, 5.74) is -0.228. The molecule has 0 atom stereocenters. The van der Waals surface area contributed by atoms with Crippen LogP contribution in [0.3, 0.4) is 0 Å². The number of carbonyl (C=O) groups excluding carboxylic acids is 1. The second-order valence-corrected chi connectivity index (χ2v) is 14.5. The molecule has 0 radical (unpaired) electrons. The van der Waals surface area contributed by atoms with E-state index in [9.17, 15) is 9.18 Å². The number of ether oxygens (including phenoxy) is 2. The summed E-state index contributed by atoms with van der Waals surface area (Å²) in [5, 5.41) is 0.679. The fourth-order valence-corrected chi connectivity index (χ4v) is 8.58. The summed E-state index contributed by atoms with van der Waals surface area (Å²) >= 11 is 0. The molecule has 4 saturated heterocycles. The molecule has 53 heavy (non-hydrogen) atoms. The van der Waals surface area contributed by atoms with Crippen LogP contribution < -0.4 is 9.64 Å². The Hall–Kier alpha value is -5.21. The Bertz CT molecular complexity index is 2290. The van der Waals surface area contributed by atoms with Crippen molar-refractivity contribution in [1.29, 1.82) is 0 Å². The first-order valence-corrected chi connectivity index (χ1v) is 18.0. The van der Waals surface area contributed by atoms with Gasteiger partial charge in [0.25, 0.3) is 0 Å². The molecule has 272 valence electrons. The number of aryl methyl sites for hydroxylation is 1. The van der Waals surface area contributed by atoms with Gasteiger partial charge in [-0.25, -0.2) is 23.1 Å². The number of rotatable bonds is 7. The van der Waals surface area contributed by atoms with Gasteiger partial charge in [-0.1, -0.05) is 24.3 Å². The summed E-state index contributed by atoms with van der Waals surface area (Å²) < 4.78 is 58.7. The Balaban J connectivity index is 1.10. The maximum atomic E-state index is 16.9. The lowest BCUT2D eigenvalue weighted by molar-refractivity contribution is -0.164. The van der Waals surface area contributed by atoms with E-state index in [0.29, 0.717) is 67.6 Å². The normalized spacial score (nSPS) is 19.4. The van der Waals surface area contributed by atoms with E-state index in [-0.39, 0.29) is 39.6 Å². The smallest absolute Gasteiger partial charge is 0.319 e. The zero-order valence-electron chi connectivity index (χ0n) is 29.2. The van der Waals surface area contributed by atoms with Crippen molar-refractivity contribution < 1.29 is 27.4 Å².